The number of hydrogen-bond acceptors (Lipinski definition) is 5. The highest BCUT2D eigenvalue weighted by atomic mass is 32.1. The Morgan fingerprint density at radius 1 is 1.21 bits per heavy atom. The van der Waals surface area contributed by atoms with Crippen LogP contribution in [0.3, 0.4) is 0 Å². The van der Waals surface area contributed by atoms with Gasteiger partial charge in [0.05, 0.1) is 11.0 Å². The third-order valence-corrected chi connectivity index (χ3v) is 5.40. The van der Waals surface area contributed by atoms with Crippen LogP contribution in [0.4, 0.5) is 11.4 Å². The van der Waals surface area contributed by atoms with Gasteiger partial charge in [-0.05, 0) is 41.1 Å². The second kappa shape index (κ2) is 8.67. The van der Waals surface area contributed by atoms with Gasteiger partial charge in [0, 0.05) is 16.5 Å². The predicted molar refractivity (Wildman–Crippen MR) is 112 cm³/mol. The Morgan fingerprint density at radius 2 is 1.96 bits per heavy atom. The summed E-state index contributed by atoms with van der Waals surface area (Å²) < 4.78 is 0. The minimum atomic E-state index is -0.698. The molecule has 1 aromatic heterocycles. The van der Waals surface area contributed by atoms with Crippen molar-refractivity contribution in [3.8, 4) is 0 Å². The number of nitrogens with zero attached hydrogens (tertiary/aromatic N) is 1. The predicted octanol–water partition coefficient (Wildman–Crippen LogP) is 4.91. The summed E-state index contributed by atoms with van der Waals surface area (Å²) in [6.45, 7) is 2.14. The minimum Gasteiger partial charge on any atom is -0.368 e. The Kier molecular flexibility index (Phi) is 6.06. The van der Waals surface area contributed by atoms with Gasteiger partial charge in [0.2, 0.25) is 5.91 Å². The van der Waals surface area contributed by atoms with Gasteiger partial charge in [0.25, 0.3) is 5.69 Å². The molecule has 3 rings (SSSR count). The Morgan fingerprint density at radius 3 is 2.54 bits per heavy atom. The summed E-state index contributed by atoms with van der Waals surface area (Å²) in [5.74, 6) is -0.698. The van der Waals surface area contributed by atoms with Crippen molar-refractivity contribution < 1.29 is 9.72 Å². The van der Waals surface area contributed by atoms with E-state index in [-0.39, 0.29) is 17.3 Å². The van der Waals surface area contributed by atoms with E-state index in [1.54, 1.807) is 11.3 Å². The van der Waals surface area contributed by atoms with E-state index in [0.29, 0.717) is 5.69 Å². The maximum Gasteiger partial charge on any atom is 0.293 e. The van der Waals surface area contributed by atoms with Crippen molar-refractivity contribution in [2.45, 2.75) is 25.8 Å². The van der Waals surface area contributed by atoms with Crippen molar-refractivity contribution >= 4 is 28.6 Å². The van der Waals surface area contributed by atoms with Crippen LogP contribution in [0.15, 0.2) is 60.0 Å². The molecule has 3 N–H and O–H groups in total. The highest BCUT2D eigenvalue weighted by Crippen LogP contribution is 2.34. The van der Waals surface area contributed by atoms with Crippen LogP contribution < -0.4 is 11.1 Å². The maximum atomic E-state index is 11.5. The molecular formula is C21H21N3O3S. The minimum absolute atomic E-state index is 0.105. The summed E-state index contributed by atoms with van der Waals surface area (Å²) in [7, 11) is 0. The van der Waals surface area contributed by atoms with E-state index in [1.807, 2.05) is 29.6 Å². The molecule has 144 valence electrons. The molecular weight excluding hydrogens is 374 g/mol. The van der Waals surface area contributed by atoms with Gasteiger partial charge >= 0.3 is 0 Å². The lowest BCUT2D eigenvalue weighted by Crippen LogP contribution is -2.14. The van der Waals surface area contributed by atoms with Crippen molar-refractivity contribution in [2.24, 2.45) is 5.73 Å². The van der Waals surface area contributed by atoms with Gasteiger partial charge in [-0.25, -0.2) is 0 Å². The molecule has 1 atom stereocenters. The molecule has 0 unspecified atom stereocenters. The first kappa shape index (κ1) is 19.6. The topological polar surface area (TPSA) is 98.3 Å². The normalized spacial score (nSPS) is 11.8. The lowest BCUT2D eigenvalue weighted by Gasteiger charge is -2.20. The number of benzene rings is 2. The van der Waals surface area contributed by atoms with Crippen LogP contribution in [0.5, 0.6) is 0 Å². The first-order chi connectivity index (χ1) is 13.5. The number of nitro groups is 1. The van der Waals surface area contributed by atoms with Crippen molar-refractivity contribution in [1.29, 1.82) is 0 Å². The van der Waals surface area contributed by atoms with Crippen LogP contribution in [-0.2, 0) is 6.42 Å². The van der Waals surface area contributed by atoms with Crippen LogP contribution in [0, 0.1) is 10.1 Å². The van der Waals surface area contributed by atoms with Gasteiger partial charge in [0.1, 0.15) is 5.69 Å². The number of nitrogens with one attached hydrogen (secondary N) is 1. The number of amides is 1. The smallest absolute Gasteiger partial charge is 0.293 e. The molecule has 0 aliphatic carbocycles. The molecule has 1 heterocycles. The van der Waals surface area contributed by atoms with E-state index >= 15 is 0 Å². The molecule has 0 radical (unpaired) electrons. The summed E-state index contributed by atoms with van der Waals surface area (Å²) in [6.07, 6.45) is 2.09. The van der Waals surface area contributed by atoms with E-state index in [9.17, 15) is 14.9 Å². The lowest BCUT2D eigenvalue weighted by atomic mass is 10.0. The Balaban J connectivity index is 1.99. The molecule has 3 aromatic rings. The highest BCUT2D eigenvalue weighted by molar-refractivity contribution is 7.10. The fraction of sp³-hybridized carbons (Fsp3) is 0.190. The quantitative estimate of drug-likeness (QED) is 0.418. The summed E-state index contributed by atoms with van der Waals surface area (Å²) >= 11 is 1.58. The number of rotatable bonds is 8. The summed E-state index contributed by atoms with van der Waals surface area (Å²) in [5, 5.41) is 16.8. The molecule has 0 spiro atoms. The lowest BCUT2D eigenvalue weighted by molar-refractivity contribution is -0.384. The van der Waals surface area contributed by atoms with Crippen molar-refractivity contribution in [1.82, 2.24) is 0 Å². The summed E-state index contributed by atoms with van der Waals surface area (Å²) in [6, 6.07) is 16.2. The van der Waals surface area contributed by atoms with E-state index in [1.165, 1.54) is 23.8 Å². The second-order valence-corrected chi connectivity index (χ2v) is 7.42. The van der Waals surface area contributed by atoms with Crippen LogP contribution in [0.2, 0.25) is 0 Å². The zero-order valence-corrected chi connectivity index (χ0v) is 16.2. The molecule has 1 amide bonds. The Labute approximate surface area is 167 Å². The molecule has 7 heteroatoms. The standard InChI is InChI=1S/C21H21N3O3S/c1-2-4-14-6-8-15(9-7-14)20(19-5-3-12-28-19)23-17-11-10-16(21(22)25)13-18(17)24(26)27/h3,5-13,20,23H,2,4H2,1H3,(H2,22,25)/t20-/m1/s1. The average molecular weight is 395 g/mol. The average Bonchev–Trinajstić information content (AvgIpc) is 3.21. The highest BCUT2D eigenvalue weighted by Gasteiger charge is 2.22. The van der Waals surface area contributed by atoms with Crippen molar-refractivity contribution in [3.63, 3.8) is 0 Å². The van der Waals surface area contributed by atoms with E-state index in [0.717, 1.165) is 23.3 Å². The summed E-state index contributed by atoms with van der Waals surface area (Å²) in [5.41, 5.74) is 7.79. The Bertz CT molecular complexity index is 969. The zero-order chi connectivity index (χ0) is 20.1. The molecule has 0 saturated heterocycles. The second-order valence-electron chi connectivity index (χ2n) is 6.44. The van der Waals surface area contributed by atoms with Crippen LogP contribution in [-0.4, -0.2) is 10.8 Å². The van der Waals surface area contributed by atoms with E-state index < -0.39 is 10.8 Å². The number of thiophene rings is 1. The number of carbonyl (C=O) groups is 1. The number of hydrogen-bond donors (Lipinski definition) is 2. The molecule has 0 bridgehead atoms. The molecule has 0 aliphatic rings. The zero-order valence-electron chi connectivity index (χ0n) is 15.4. The fourth-order valence-corrected chi connectivity index (χ4v) is 3.86. The monoisotopic (exact) mass is 395 g/mol. The number of primary amides is 1. The largest absolute Gasteiger partial charge is 0.368 e. The molecule has 28 heavy (non-hydrogen) atoms. The van der Waals surface area contributed by atoms with Gasteiger partial charge in [-0.2, -0.15) is 0 Å². The first-order valence-electron chi connectivity index (χ1n) is 8.96. The molecule has 0 fully saturated rings. The fourth-order valence-electron chi connectivity index (χ4n) is 3.05. The number of carbonyl (C=O) groups excluding carboxylic acids is 1. The van der Waals surface area contributed by atoms with Crippen LogP contribution in [0.1, 0.15) is 45.7 Å². The third-order valence-electron chi connectivity index (χ3n) is 4.46. The number of anilines is 1. The van der Waals surface area contributed by atoms with Gasteiger partial charge < -0.3 is 11.1 Å². The van der Waals surface area contributed by atoms with Crippen LogP contribution in [0.25, 0.3) is 0 Å². The summed E-state index contributed by atoms with van der Waals surface area (Å²) in [4.78, 5) is 23.4. The van der Waals surface area contributed by atoms with Crippen molar-refractivity contribution in [2.75, 3.05) is 5.32 Å². The van der Waals surface area contributed by atoms with E-state index in [4.69, 9.17) is 5.73 Å². The van der Waals surface area contributed by atoms with Crippen molar-refractivity contribution in [3.05, 3.63) is 91.7 Å². The Hall–Kier alpha value is -3.19. The third kappa shape index (κ3) is 4.37. The van der Waals surface area contributed by atoms with Gasteiger partial charge in [0.15, 0.2) is 0 Å². The van der Waals surface area contributed by atoms with Gasteiger partial charge in [-0.3, -0.25) is 14.9 Å². The molecule has 0 saturated carbocycles. The van der Waals surface area contributed by atoms with Crippen LogP contribution >= 0.6 is 11.3 Å². The van der Waals surface area contributed by atoms with Gasteiger partial charge in [-0.1, -0.05) is 43.7 Å². The molecule has 2 aromatic carbocycles. The number of nitrogens with two attached hydrogens (primary N) is 1. The molecule has 6 nitrogen and oxygen atoms in total. The SMILES string of the molecule is CCCc1ccc([C@@H](Nc2ccc(C(N)=O)cc2[N+](=O)[O-])c2cccs2)cc1. The number of nitro benzene ring substituents is 1. The maximum absolute atomic E-state index is 11.5. The van der Waals surface area contributed by atoms with Gasteiger partial charge in [-0.15, -0.1) is 11.3 Å². The molecule has 0 aliphatic heterocycles. The van der Waals surface area contributed by atoms with E-state index in [2.05, 4.69) is 24.4 Å². The number of aryl methyl sites for hydroxylation is 1. The first-order valence-corrected chi connectivity index (χ1v) is 9.84.